The molecule has 0 aliphatic rings. The summed E-state index contributed by atoms with van der Waals surface area (Å²) in [6.07, 6.45) is 1.06. The molecule has 20 heavy (non-hydrogen) atoms. The Bertz CT molecular complexity index is 566. The Morgan fingerprint density at radius 1 is 1.35 bits per heavy atom. The number of hydrogen-bond donors (Lipinski definition) is 2. The summed E-state index contributed by atoms with van der Waals surface area (Å²) in [4.78, 5) is 2.27. The molecule has 0 radical (unpaired) electrons. The minimum atomic E-state index is 0.146. The van der Waals surface area contributed by atoms with Crippen molar-refractivity contribution in [2.75, 3.05) is 13.6 Å². The zero-order valence-electron chi connectivity index (χ0n) is 11.5. The fourth-order valence-electron chi connectivity index (χ4n) is 2.03. The molecule has 2 rings (SSSR count). The van der Waals surface area contributed by atoms with Crippen molar-refractivity contribution in [3.63, 3.8) is 0 Å². The van der Waals surface area contributed by atoms with Gasteiger partial charge in [0.2, 0.25) is 0 Å². The molecule has 0 saturated carbocycles. The van der Waals surface area contributed by atoms with Gasteiger partial charge in [-0.2, -0.15) is 11.3 Å². The average molecular weight is 289 g/mol. The molecule has 0 atom stereocenters. The van der Waals surface area contributed by atoms with Crippen molar-refractivity contribution in [2.45, 2.75) is 13.0 Å². The van der Waals surface area contributed by atoms with Crippen LogP contribution in [0.1, 0.15) is 16.7 Å². The van der Waals surface area contributed by atoms with Crippen LogP contribution in [0, 0.1) is 0 Å². The minimum Gasteiger partial charge on any atom is -0.409 e. The van der Waals surface area contributed by atoms with Crippen LogP contribution in [-0.4, -0.2) is 29.5 Å². The molecular formula is C15H19N3OS. The van der Waals surface area contributed by atoms with Crippen molar-refractivity contribution in [1.29, 1.82) is 0 Å². The van der Waals surface area contributed by atoms with E-state index in [1.165, 1.54) is 5.56 Å². The SMILES string of the molecule is CN(CCc1ccsc1)Cc1cccc(C(N)=NO)c1. The van der Waals surface area contributed by atoms with Gasteiger partial charge in [-0.15, -0.1) is 0 Å². The van der Waals surface area contributed by atoms with E-state index in [1.54, 1.807) is 11.3 Å². The van der Waals surface area contributed by atoms with Crippen LogP contribution in [0.3, 0.4) is 0 Å². The van der Waals surface area contributed by atoms with Crippen LogP contribution in [0.15, 0.2) is 46.2 Å². The summed E-state index contributed by atoms with van der Waals surface area (Å²) in [5.74, 6) is 0.146. The smallest absolute Gasteiger partial charge is 0.170 e. The Labute approximate surface area is 123 Å². The van der Waals surface area contributed by atoms with Gasteiger partial charge in [0.1, 0.15) is 0 Å². The summed E-state index contributed by atoms with van der Waals surface area (Å²) in [5.41, 5.74) is 8.89. The topological polar surface area (TPSA) is 61.8 Å². The fourth-order valence-corrected chi connectivity index (χ4v) is 2.74. The normalized spacial score (nSPS) is 12.0. The third-order valence-electron chi connectivity index (χ3n) is 3.15. The van der Waals surface area contributed by atoms with Crippen LogP contribution in [0.2, 0.25) is 0 Å². The van der Waals surface area contributed by atoms with Crippen LogP contribution in [0.5, 0.6) is 0 Å². The highest BCUT2D eigenvalue weighted by molar-refractivity contribution is 7.07. The third-order valence-corrected chi connectivity index (χ3v) is 3.88. The molecule has 2 aromatic rings. The second kappa shape index (κ2) is 7.07. The van der Waals surface area contributed by atoms with Crippen molar-refractivity contribution in [1.82, 2.24) is 4.90 Å². The molecule has 106 valence electrons. The summed E-state index contributed by atoms with van der Waals surface area (Å²) in [7, 11) is 2.10. The number of nitrogens with two attached hydrogens (primary N) is 1. The summed E-state index contributed by atoms with van der Waals surface area (Å²) >= 11 is 1.73. The molecule has 0 aliphatic carbocycles. The number of benzene rings is 1. The quantitative estimate of drug-likeness (QED) is 0.372. The van der Waals surface area contributed by atoms with Crippen LogP contribution >= 0.6 is 11.3 Å². The standard InChI is InChI=1S/C15H19N3OS/c1-18(7-5-12-6-8-20-11-12)10-13-3-2-4-14(9-13)15(16)17-19/h2-4,6,8-9,11,19H,5,7,10H2,1H3,(H2,16,17). The Morgan fingerprint density at radius 2 is 2.20 bits per heavy atom. The van der Waals surface area contributed by atoms with E-state index in [0.29, 0.717) is 0 Å². The van der Waals surface area contributed by atoms with Gasteiger partial charge < -0.3 is 15.8 Å². The lowest BCUT2D eigenvalue weighted by Gasteiger charge is -2.16. The van der Waals surface area contributed by atoms with E-state index >= 15 is 0 Å². The highest BCUT2D eigenvalue weighted by atomic mass is 32.1. The number of thiophene rings is 1. The summed E-state index contributed by atoms with van der Waals surface area (Å²) in [6, 6.07) is 9.93. The minimum absolute atomic E-state index is 0.146. The number of likely N-dealkylation sites (N-methyl/N-ethyl adjacent to an activating group) is 1. The van der Waals surface area contributed by atoms with E-state index in [4.69, 9.17) is 10.9 Å². The van der Waals surface area contributed by atoms with Gasteiger partial charge in [0.05, 0.1) is 0 Å². The van der Waals surface area contributed by atoms with E-state index in [2.05, 4.69) is 40.0 Å². The lowest BCUT2D eigenvalue weighted by atomic mass is 10.1. The molecule has 4 nitrogen and oxygen atoms in total. The number of amidine groups is 1. The van der Waals surface area contributed by atoms with E-state index in [0.717, 1.165) is 30.6 Å². The van der Waals surface area contributed by atoms with E-state index < -0.39 is 0 Å². The van der Waals surface area contributed by atoms with Crippen LogP contribution in [-0.2, 0) is 13.0 Å². The largest absolute Gasteiger partial charge is 0.409 e. The molecule has 1 heterocycles. The molecule has 0 unspecified atom stereocenters. The maximum Gasteiger partial charge on any atom is 0.170 e. The molecule has 0 aliphatic heterocycles. The van der Waals surface area contributed by atoms with Gasteiger partial charge >= 0.3 is 0 Å². The zero-order valence-corrected chi connectivity index (χ0v) is 12.3. The molecule has 0 saturated heterocycles. The van der Waals surface area contributed by atoms with Crippen LogP contribution in [0.25, 0.3) is 0 Å². The Morgan fingerprint density at radius 3 is 2.90 bits per heavy atom. The molecule has 0 spiro atoms. The van der Waals surface area contributed by atoms with Crippen molar-refractivity contribution in [3.8, 4) is 0 Å². The Kier molecular flexibility index (Phi) is 5.15. The molecule has 5 heteroatoms. The first-order valence-corrected chi connectivity index (χ1v) is 7.40. The average Bonchev–Trinajstić information content (AvgIpc) is 2.98. The summed E-state index contributed by atoms with van der Waals surface area (Å²) in [6.45, 7) is 1.85. The molecule has 0 fully saturated rings. The van der Waals surface area contributed by atoms with Gasteiger partial charge in [-0.05, 0) is 47.5 Å². The Hall–Kier alpha value is -1.85. The van der Waals surface area contributed by atoms with Gasteiger partial charge in [-0.3, -0.25) is 0 Å². The molecule has 0 amide bonds. The molecule has 1 aromatic heterocycles. The molecule has 3 N–H and O–H groups in total. The van der Waals surface area contributed by atoms with Crippen molar-refractivity contribution in [2.24, 2.45) is 10.9 Å². The van der Waals surface area contributed by atoms with E-state index in [-0.39, 0.29) is 5.84 Å². The second-order valence-corrected chi connectivity index (χ2v) is 5.59. The van der Waals surface area contributed by atoms with Gasteiger partial charge in [0.15, 0.2) is 5.84 Å². The molecule has 0 bridgehead atoms. The van der Waals surface area contributed by atoms with Gasteiger partial charge in [-0.1, -0.05) is 23.4 Å². The maximum atomic E-state index is 8.70. The zero-order chi connectivity index (χ0) is 14.4. The predicted octanol–water partition coefficient (Wildman–Crippen LogP) is 2.52. The molecular weight excluding hydrogens is 270 g/mol. The Balaban J connectivity index is 1.92. The number of oxime groups is 1. The summed E-state index contributed by atoms with van der Waals surface area (Å²) < 4.78 is 0. The van der Waals surface area contributed by atoms with Crippen molar-refractivity contribution in [3.05, 3.63) is 57.8 Å². The van der Waals surface area contributed by atoms with E-state index in [9.17, 15) is 0 Å². The highest BCUT2D eigenvalue weighted by Gasteiger charge is 2.04. The molecule has 1 aromatic carbocycles. The maximum absolute atomic E-state index is 8.70. The third kappa shape index (κ3) is 4.08. The lowest BCUT2D eigenvalue weighted by Crippen LogP contribution is -2.21. The van der Waals surface area contributed by atoms with E-state index in [1.807, 2.05) is 18.2 Å². The first-order chi connectivity index (χ1) is 9.69. The lowest BCUT2D eigenvalue weighted by molar-refractivity contribution is 0.318. The van der Waals surface area contributed by atoms with Crippen molar-refractivity contribution < 1.29 is 5.21 Å². The number of rotatable bonds is 6. The van der Waals surface area contributed by atoms with Crippen molar-refractivity contribution >= 4 is 17.2 Å². The first kappa shape index (κ1) is 14.6. The van der Waals surface area contributed by atoms with Gasteiger partial charge in [-0.25, -0.2) is 0 Å². The number of nitrogens with zero attached hydrogens (tertiary/aromatic N) is 2. The van der Waals surface area contributed by atoms with Gasteiger partial charge in [0.25, 0.3) is 0 Å². The highest BCUT2D eigenvalue weighted by Crippen LogP contribution is 2.10. The second-order valence-electron chi connectivity index (χ2n) is 4.80. The number of hydrogen-bond acceptors (Lipinski definition) is 4. The van der Waals surface area contributed by atoms with Gasteiger partial charge in [0, 0.05) is 18.7 Å². The van der Waals surface area contributed by atoms with Crippen LogP contribution < -0.4 is 5.73 Å². The summed E-state index contributed by atoms with van der Waals surface area (Å²) in [5, 5.41) is 16.0. The monoisotopic (exact) mass is 289 g/mol. The predicted molar refractivity (Wildman–Crippen MR) is 83.3 cm³/mol. The van der Waals surface area contributed by atoms with Crippen LogP contribution in [0.4, 0.5) is 0 Å². The first-order valence-electron chi connectivity index (χ1n) is 6.45. The fraction of sp³-hybridized carbons (Fsp3) is 0.267.